The quantitative estimate of drug-likeness (QED) is 0.483. The number of aromatic nitrogens is 6. The topological polar surface area (TPSA) is 93.4 Å². The van der Waals surface area contributed by atoms with E-state index in [1.54, 1.807) is 30.3 Å². The van der Waals surface area contributed by atoms with Gasteiger partial charge in [0.2, 0.25) is 0 Å². The van der Waals surface area contributed by atoms with E-state index in [0.29, 0.717) is 28.3 Å². The molecule has 0 saturated carbocycles. The first-order chi connectivity index (χ1) is 13.2. The Balaban J connectivity index is 2.04. The van der Waals surface area contributed by atoms with E-state index in [9.17, 15) is 5.26 Å². The Bertz CT molecular complexity index is 1370. The molecule has 8 nitrogen and oxygen atoms in total. The number of pyridine rings is 1. The van der Waals surface area contributed by atoms with Crippen LogP contribution in [0.25, 0.3) is 33.5 Å². The summed E-state index contributed by atoms with van der Waals surface area (Å²) >= 11 is 0. The molecule has 0 unspecified atom stereocenters. The van der Waals surface area contributed by atoms with Crippen molar-refractivity contribution in [2.24, 2.45) is 0 Å². The molecule has 0 aliphatic rings. The summed E-state index contributed by atoms with van der Waals surface area (Å²) in [5.41, 5.74) is 3.94. The zero-order valence-corrected chi connectivity index (χ0v) is 14.6. The first-order valence-electron chi connectivity index (χ1n) is 8.26. The van der Waals surface area contributed by atoms with Gasteiger partial charge in [-0.3, -0.25) is 4.40 Å². The minimum absolute atomic E-state index is 0.466. The lowest BCUT2D eigenvalue weighted by atomic mass is 9.98. The van der Waals surface area contributed by atoms with Crippen LogP contribution in [0.15, 0.2) is 43.0 Å². The molecule has 0 N–H and O–H groups in total. The molecule has 130 valence electrons. The molecular formula is C19H13N7O. The number of methoxy groups -OCH3 is 1. The molecule has 0 aliphatic carbocycles. The summed E-state index contributed by atoms with van der Waals surface area (Å²) in [4.78, 5) is 13.5. The predicted molar refractivity (Wildman–Crippen MR) is 98.5 cm³/mol. The average Bonchev–Trinajstić information content (AvgIpc) is 3.32. The van der Waals surface area contributed by atoms with E-state index in [4.69, 9.17) is 4.74 Å². The number of nitriles is 1. The Hall–Kier alpha value is -3.99. The van der Waals surface area contributed by atoms with Crippen LogP contribution in [0.2, 0.25) is 0 Å². The Morgan fingerprint density at radius 2 is 1.89 bits per heavy atom. The minimum atomic E-state index is 0.466. The van der Waals surface area contributed by atoms with E-state index < -0.39 is 0 Å². The van der Waals surface area contributed by atoms with E-state index in [1.807, 2.05) is 35.6 Å². The lowest BCUT2D eigenvalue weighted by Crippen LogP contribution is -2.02. The van der Waals surface area contributed by atoms with Crippen molar-refractivity contribution in [1.29, 1.82) is 5.26 Å². The van der Waals surface area contributed by atoms with Crippen molar-refractivity contribution >= 4 is 22.3 Å². The van der Waals surface area contributed by atoms with Crippen molar-refractivity contribution < 1.29 is 4.74 Å². The number of aryl methyl sites for hydroxylation is 1. The highest BCUT2D eigenvalue weighted by atomic mass is 16.5. The SMILES string of the molecule is COc1ccc(-c2c(C#N)c3nccn3c3ncn4nc(C)nc4c23)cc1. The molecule has 4 aromatic heterocycles. The summed E-state index contributed by atoms with van der Waals surface area (Å²) in [5.74, 6) is 1.37. The minimum Gasteiger partial charge on any atom is -0.497 e. The number of nitrogens with zero attached hydrogens (tertiary/aromatic N) is 7. The molecule has 0 saturated heterocycles. The largest absolute Gasteiger partial charge is 0.497 e. The van der Waals surface area contributed by atoms with E-state index in [0.717, 1.165) is 22.3 Å². The molecule has 4 heterocycles. The Labute approximate surface area is 153 Å². The summed E-state index contributed by atoms with van der Waals surface area (Å²) in [5, 5.41) is 15.1. The molecule has 8 heteroatoms. The highest BCUT2D eigenvalue weighted by Crippen LogP contribution is 2.36. The maximum Gasteiger partial charge on any atom is 0.169 e. The monoisotopic (exact) mass is 355 g/mol. The van der Waals surface area contributed by atoms with E-state index >= 15 is 0 Å². The molecule has 0 fully saturated rings. The number of rotatable bonds is 2. The molecule has 0 amide bonds. The molecular weight excluding hydrogens is 342 g/mol. The van der Waals surface area contributed by atoms with Crippen molar-refractivity contribution in [1.82, 2.24) is 29.0 Å². The molecule has 0 bridgehead atoms. The van der Waals surface area contributed by atoms with Crippen LogP contribution in [-0.2, 0) is 0 Å². The van der Waals surface area contributed by atoms with Crippen molar-refractivity contribution in [2.75, 3.05) is 7.11 Å². The molecule has 1 aromatic carbocycles. The normalized spacial score (nSPS) is 11.3. The van der Waals surface area contributed by atoms with E-state index in [1.165, 1.54) is 0 Å². The summed E-state index contributed by atoms with van der Waals surface area (Å²) < 4.78 is 8.70. The summed E-state index contributed by atoms with van der Waals surface area (Å²) in [6, 6.07) is 9.87. The second-order valence-corrected chi connectivity index (χ2v) is 6.08. The molecule has 5 rings (SSSR count). The maximum absolute atomic E-state index is 9.94. The van der Waals surface area contributed by atoms with Crippen LogP contribution in [0.1, 0.15) is 11.4 Å². The maximum atomic E-state index is 9.94. The van der Waals surface area contributed by atoms with Gasteiger partial charge >= 0.3 is 0 Å². The van der Waals surface area contributed by atoms with Gasteiger partial charge in [-0.15, -0.1) is 0 Å². The first-order valence-corrected chi connectivity index (χ1v) is 8.26. The van der Waals surface area contributed by atoms with Crippen LogP contribution in [0.5, 0.6) is 5.75 Å². The van der Waals surface area contributed by atoms with E-state index in [2.05, 4.69) is 26.1 Å². The third-order valence-corrected chi connectivity index (χ3v) is 4.56. The van der Waals surface area contributed by atoms with Gasteiger partial charge in [0, 0.05) is 18.0 Å². The Kier molecular flexibility index (Phi) is 3.12. The van der Waals surface area contributed by atoms with Crippen LogP contribution in [0, 0.1) is 18.3 Å². The molecule has 27 heavy (non-hydrogen) atoms. The summed E-state index contributed by atoms with van der Waals surface area (Å²) in [6.45, 7) is 1.83. The van der Waals surface area contributed by atoms with Crippen molar-refractivity contribution in [3.8, 4) is 22.9 Å². The molecule has 0 atom stereocenters. The zero-order valence-electron chi connectivity index (χ0n) is 14.6. The number of fused-ring (bicyclic) bond motifs is 5. The Morgan fingerprint density at radius 1 is 1.07 bits per heavy atom. The van der Waals surface area contributed by atoms with Crippen molar-refractivity contribution in [2.45, 2.75) is 6.92 Å². The highest BCUT2D eigenvalue weighted by molar-refractivity contribution is 6.06. The van der Waals surface area contributed by atoms with Gasteiger partial charge in [-0.05, 0) is 24.6 Å². The van der Waals surface area contributed by atoms with Gasteiger partial charge in [-0.1, -0.05) is 12.1 Å². The molecule has 5 aromatic rings. The highest BCUT2D eigenvalue weighted by Gasteiger charge is 2.21. The number of hydrogen-bond donors (Lipinski definition) is 0. The van der Waals surface area contributed by atoms with Crippen LogP contribution in [0.3, 0.4) is 0 Å². The van der Waals surface area contributed by atoms with Gasteiger partial charge < -0.3 is 4.74 Å². The number of imidazole rings is 1. The predicted octanol–water partition coefficient (Wildman–Crippen LogP) is 2.78. The standard InChI is InChI=1S/C19H13N7O/c1-11-23-19-16-15(12-3-5-13(27-2)6-4-12)14(9-20)17-21-7-8-25(17)18(16)22-10-26(19)24-11/h3-8,10H,1-2H3. The van der Waals surface area contributed by atoms with Gasteiger partial charge in [0.15, 0.2) is 16.9 Å². The van der Waals surface area contributed by atoms with Crippen LogP contribution >= 0.6 is 0 Å². The first kappa shape index (κ1) is 15.3. The van der Waals surface area contributed by atoms with Gasteiger partial charge in [-0.2, -0.15) is 10.4 Å². The van der Waals surface area contributed by atoms with Crippen LogP contribution < -0.4 is 4.74 Å². The summed E-state index contributed by atoms with van der Waals surface area (Å²) in [7, 11) is 1.62. The smallest absolute Gasteiger partial charge is 0.169 e. The number of ether oxygens (including phenoxy) is 1. The number of benzene rings is 1. The Morgan fingerprint density at radius 3 is 2.63 bits per heavy atom. The third kappa shape index (κ3) is 2.09. The molecule has 0 radical (unpaired) electrons. The van der Waals surface area contributed by atoms with Gasteiger partial charge in [0.25, 0.3) is 0 Å². The fraction of sp³-hybridized carbons (Fsp3) is 0.105. The van der Waals surface area contributed by atoms with Crippen LogP contribution in [0.4, 0.5) is 0 Å². The van der Waals surface area contributed by atoms with Gasteiger partial charge in [0.1, 0.15) is 29.5 Å². The fourth-order valence-corrected chi connectivity index (χ4v) is 3.41. The zero-order chi connectivity index (χ0) is 18.5. The lowest BCUT2D eigenvalue weighted by Gasteiger charge is -2.12. The number of hydrogen-bond acceptors (Lipinski definition) is 6. The van der Waals surface area contributed by atoms with E-state index in [-0.39, 0.29) is 0 Å². The third-order valence-electron chi connectivity index (χ3n) is 4.56. The van der Waals surface area contributed by atoms with Gasteiger partial charge in [0.05, 0.1) is 12.5 Å². The fourth-order valence-electron chi connectivity index (χ4n) is 3.41. The van der Waals surface area contributed by atoms with Gasteiger partial charge in [-0.25, -0.2) is 19.5 Å². The molecule has 0 spiro atoms. The van der Waals surface area contributed by atoms with Crippen molar-refractivity contribution in [3.05, 3.63) is 54.4 Å². The average molecular weight is 355 g/mol. The van der Waals surface area contributed by atoms with Crippen molar-refractivity contribution in [3.63, 3.8) is 0 Å². The molecule has 0 aliphatic heterocycles. The second-order valence-electron chi connectivity index (χ2n) is 6.08. The van der Waals surface area contributed by atoms with Crippen LogP contribution in [-0.4, -0.2) is 36.1 Å². The lowest BCUT2D eigenvalue weighted by molar-refractivity contribution is 0.415. The summed E-state index contributed by atoms with van der Waals surface area (Å²) in [6.07, 6.45) is 5.08. The second kappa shape index (κ2) is 5.51.